The van der Waals surface area contributed by atoms with Gasteiger partial charge in [-0.2, -0.15) is 0 Å². The van der Waals surface area contributed by atoms with Crippen molar-refractivity contribution in [2.75, 3.05) is 5.75 Å². The van der Waals surface area contributed by atoms with Crippen LogP contribution in [0.15, 0.2) is 10.6 Å². The first-order valence-corrected chi connectivity index (χ1v) is 6.45. The normalized spacial score (nSPS) is 17.0. The Kier molecular flexibility index (Phi) is 5.11. The second-order valence-corrected chi connectivity index (χ2v) is 5.15. The smallest absolute Gasteiger partial charge is 0.138 e. The van der Waals surface area contributed by atoms with Crippen LogP contribution in [-0.2, 0) is 17.5 Å². The number of rotatable bonds is 6. The predicted molar refractivity (Wildman–Crippen MR) is 60.5 cm³/mol. The Labute approximate surface area is 97.7 Å². The molecule has 0 fully saturated rings. The van der Waals surface area contributed by atoms with Crippen LogP contribution in [0.3, 0.4) is 0 Å². The molecule has 0 amide bonds. The zero-order valence-electron chi connectivity index (χ0n) is 9.51. The highest BCUT2D eigenvalue weighted by Crippen LogP contribution is 2.11. The molecule has 0 radical (unpaired) electrons. The van der Waals surface area contributed by atoms with Crippen LogP contribution in [0.5, 0.6) is 0 Å². The Bertz CT molecular complexity index is 354. The summed E-state index contributed by atoms with van der Waals surface area (Å²) in [6.45, 7) is 3.73. The molecule has 1 rings (SSSR count). The van der Waals surface area contributed by atoms with Crippen molar-refractivity contribution in [3.63, 3.8) is 0 Å². The Balaban J connectivity index is 2.35. The summed E-state index contributed by atoms with van der Waals surface area (Å²) in [6, 6.07) is 1.75. The van der Waals surface area contributed by atoms with Gasteiger partial charge in [-0.25, -0.2) is 0 Å². The van der Waals surface area contributed by atoms with Crippen LogP contribution in [0, 0.1) is 12.8 Å². The molecule has 1 aromatic rings. The summed E-state index contributed by atoms with van der Waals surface area (Å²) in [6.07, 6.45) is 1.25. The number of nitrogens with two attached hydrogens (primary N) is 1. The molecule has 0 aliphatic rings. The molecule has 3 atom stereocenters. The summed E-state index contributed by atoms with van der Waals surface area (Å²) in [5.41, 5.74) is 6.73. The minimum atomic E-state index is -2.00. The van der Waals surface area contributed by atoms with Crippen LogP contribution in [0.4, 0.5) is 0 Å². The summed E-state index contributed by atoms with van der Waals surface area (Å²) in [5, 5.41) is 3.77. The van der Waals surface area contributed by atoms with Crippen molar-refractivity contribution in [2.24, 2.45) is 11.7 Å². The standard InChI is InChI=1S/C10H18N2O3S/c1-7(6-16(13)14)3-9(11)5-10-4-8(2)12-15-10/h4,7,9H,3,5-6,11H2,1-2H3,(H,13,14)/p-1. The Morgan fingerprint density at radius 1 is 1.69 bits per heavy atom. The van der Waals surface area contributed by atoms with E-state index in [4.69, 9.17) is 10.3 Å². The number of hydrogen-bond acceptors (Lipinski definition) is 5. The van der Waals surface area contributed by atoms with Crippen molar-refractivity contribution < 1.29 is 13.3 Å². The van der Waals surface area contributed by atoms with E-state index in [1.54, 1.807) is 0 Å². The molecule has 0 aliphatic heterocycles. The molecule has 0 saturated carbocycles. The van der Waals surface area contributed by atoms with Crippen molar-refractivity contribution in [2.45, 2.75) is 32.7 Å². The zero-order valence-corrected chi connectivity index (χ0v) is 10.3. The van der Waals surface area contributed by atoms with Gasteiger partial charge in [0.25, 0.3) is 0 Å². The number of aryl methyl sites for hydroxylation is 1. The van der Waals surface area contributed by atoms with Crippen molar-refractivity contribution in [1.29, 1.82) is 0 Å². The maximum Gasteiger partial charge on any atom is 0.138 e. The predicted octanol–water partition coefficient (Wildman–Crippen LogP) is 0.758. The first-order valence-electron chi connectivity index (χ1n) is 5.21. The highest BCUT2D eigenvalue weighted by molar-refractivity contribution is 7.79. The molecule has 0 bridgehead atoms. The molecule has 6 heteroatoms. The average Bonchev–Trinajstić information content (AvgIpc) is 2.48. The van der Waals surface area contributed by atoms with Gasteiger partial charge in [0.1, 0.15) is 5.76 Å². The average molecular weight is 245 g/mol. The summed E-state index contributed by atoms with van der Waals surface area (Å²) >= 11 is -2.00. The maximum absolute atomic E-state index is 10.5. The topological polar surface area (TPSA) is 92.2 Å². The van der Waals surface area contributed by atoms with E-state index in [1.165, 1.54) is 0 Å². The van der Waals surface area contributed by atoms with Gasteiger partial charge in [-0.3, -0.25) is 4.21 Å². The lowest BCUT2D eigenvalue weighted by Crippen LogP contribution is -2.26. The SMILES string of the molecule is Cc1cc(CC(N)CC(C)CS(=O)[O-])on1. The van der Waals surface area contributed by atoms with Crippen molar-refractivity contribution in [3.05, 3.63) is 17.5 Å². The maximum atomic E-state index is 10.5. The summed E-state index contributed by atoms with van der Waals surface area (Å²) < 4.78 is 26.0. The van der Waals surface area contributed by atoms with Crippen molar-refractivity contribution in [1.82, 2.24) is 5.16 Å². The minimum Gasteiger partial charge on any atom is -0.772 e. The van der Waals surface area contributed by atoms with Crippen LogP contribution in [0.2, 0.25) is 0 Å². The van der Waals surface area contributed by atoms with Crippen LogP contribution >= 0.6 is 0 Å². The zero-order chi connectivity index (χ0) is 12.1. The van der Waals surface area contributed by atoms with Gasteiger partial charge in [-0.1, -0.05) is 23.2 Å². The van der Waals surface area contributed by atoms with Crippen LogP contribution in [0.25, 0.3) is 0 Å². The molecule has 1 aromatic heterocycles. The molecule has 3 unspecified atom stereocenters. The van der Waals surface area contributed by atoms with E-state index >= 15 is 0 Å². The number of hydrogen-bond donors (Lipinski definition) is 1. The third-order valence-corrected chi connectivity index (χ3v) is 3.11. The largest absolute Gasteiger partial charge is 0.772 e. The highest BCUT2D eigenvalue weighted by atomic mass is 32.2. The van der Waals surface area contributed by atoms with E-state index in [9.17, 15) is 8.76 Å². The molecule has 0 aliphatic carbocycles. The van der Waals surface area contributed by atoms with Gasteiger partial charge in [-0.15, -0.1) is 0 Å². The van der Waals surface area contributed by atoms with Gasteiger partial charge in [0.05, 0.1) is 5.69 Å². The lowest BCUT2D eigenvalue weighted by molar-refractivity contribution is 0.361. The molecule has 16 heavy (non-hydrogen) atoms. The third-order valence-electron chi connectivity index (χ3n) is 2.27. The quantitative estimate of drug-likeness (QED) is 0.747. The fourth-order valence-corrected chi connectivity index (χ4v) is 2.27. The van der Waals surface area contributed by atoms with Gasteiger partial charge in [0.2, 0.25) is 0 Å². The molecule has 2 N–H and O–H groups in total. The van der Waals surface area contributed by atoms with E-state index in [1.807, 2.05) is 19.9 Å². The van der Waals surface area contributed by atoms with Crippen molar-refractivity contribution >= 4 is 11.1 Å². The van der Waals surface area contributed by atoms with E-state index in [0.29, 0.717) is 12.8 Å². The Hall–Kier alpha value is -0.720. The second kappa shape index (κ2) is 6.12. The van der Waals surface area contributed by atoms with Gasteiger partial charge >= 0.3 is 0 Å². The summed E-state index contributed by atoms with van der Waals surface area (Å²) in [4.78, 5) is 0. The van der Waals surface area contributed by atoms with Gasteiger partial charge < -0.3 is 14.8 Å². The molecule has 92 valence electrons. The molecule has 0 spiro atoms. The second-order valence-electron chi connectivity index (χ2n) is 4.21. The monoisotopic (exact) mass is 245 g/mol. The van der Waals surface area contributed by atoms with Crippen molar-refractivity contribution in [3.8, 4) is 0 Å². The number of aromatic nitrogens is 1. The van der Waals surface area contributed by atoms with Gasteiger partial charge in [0, 0.05) is 24.3 Å². The Morgan fingerprint density at radius 2 is 2.38 bits per heavy atom. The molecular weight excluding hydrogens is 228 g/mol. The first kappa shape index (κ1) is 13.3. The molecular formula is C10H17N2O3S-. The summed E-state index contributed by atoms with van der Waals surface area (Å²) in [5.74, 6) is 0.973. The van der Waals surface area contributed by atoms with Gasteiger partial charge in [0.15, 0.2) is 0 Å². The molecule has 1 heterocycles. The lowest BCUT2D eigenvalue weighted by Gasteiger charge is -2.17. The number of nitrogens with zero attached hydrogens (tertiary/aromatic N) is 1. The summed E-state index contributed by atoms with van der Waals surface area (Å²) in [7, 11) is 0. The molecule has 5 nitrogen and oxygen atoms in total. The van der Waals surface area contributed by atoms with Crippen LogP contribution < -0.4 is 5.73 Å². The highest BCUT2D eigenvalue weighted by Gasteiger charge is 2.12. The van der Waals surface area contributed by atoms with Crippen LogP contribution in [0.1, 0.15) is 24.8 Å². The molecule has 0 saturated heterocycles. The molecule has 0 aromatic carbocycles. The first-order chi connectivity index (χ1) is 7.47. The minimum absolute atomic E-state index is 0.0670. The Morgan fingerprint density at radius 3 is 2.88 bits per heavy atom. The fraction of sp³-hybridized carbons (Fsp3) is 0.700. The third kappa shape index (κ3) is 4.87. The van der Waals surface area contributed by atoms with E-state index < -0.39 is 11.1 Å². The lowest BCUT2D eigenvalue weighted by atomic mass is 10.0. The van der Waals surface area contributed by atoms with E-state index in [0.717, 1.165) is 11.5 Å². The van der Waals surface area contributed by atoms with Crippen LogP contribution in [-0.4, -0.2) is 25.7 Å². The van der Waals surface area contributed by atoms with E-state index in [2.05, 4.69) is 5.16 Å². The van der Waals surface area contributed by atoms with E-state index in [-0.39, 0.29) is 17.7 Å². The fourth-order valence-electron chi connectivity index (χ4n) is 1.67. The van der Waals surface area contributed by atoms with Gasteiger partial charge in [-0.05, 0) is 19.3 Å².